The lowest BCUT2D eigenvalue weighted by atomic mass is 9.97. The predicted molar refractivity (Wildman–Crippen MR) is 75.9 cm³/mol. The Morgan fingerprint density at radius 1 is 1.22 bits per heavy atom. The van der Waals surface area contributed by atoms with Crippen LogP contribution in [0.1, 0.15) is 46.5 Å². The first-order chi connectivity index (χ1) is 8.70. The van der Waals surface area contributed by atoms with Crippen LogP contribution in [0.5, 0.6) is 0 Å². The van der Waals surface area contributed by atoms with E-state index in [0.717, 1.165) is 44.4 Å². The molecule has 0 aromatic rings. The number of hydrogen-bond donors (Lipinski definition) is 1. The van der Waals surface area contributed by atoms with Gasteiger partial charge in [-0.2, -0.15) is 0 Å². The lowest BCUT2D eigenvalue weighted by molar-refractivity contribution is 0.0498. The molecule has 18 heavy (non-hydrogen) atoms. The minimum Gasteiger partial charge on any atom is -0.380 e. The molecule has 2 heterocycles. The van der Waals surface area contributed by atoms with E-state index in [2.05, 4.69) is 31.0 Å². The van der Waals surface area contributed by atoms with E-state index < -0.39 is 0 Å². The molecule has 1 N–H and O–H groups in total. The number of hydrogen-bond acceptors (Lipinski definition) is 3. The normalized spacial score (nSPS) is 32.3. The highest BCUT2D eigenvalue weighted by Gasteiger charge is 2.39. The Kier molecular flexibility index (Phi) is 5.46. The summed E-state index contributed by atoms with van der Waals surface area (Å²) < 4.78 is 5.74. The van der Waals surface area contributed by atoms with E-state index in [0.29, 0.717) is 5.92 Å². The molecule has 0 aliphatic carbocycles. The van der Waals surface area contributed by atoms with Gasteiger partial charge in [-0.3, -0.25) is 4.90 Å². The average Bonchev–Trinajstić information content (AvgIpc) is 2.57. The van der Waals surface area contributed by atoms with Gasteiger partial charge in [0.2, 0.25) is 0 Å². The Labute approximate surface area is 112 Å². The second kappa shape index (κ2) is 6.88. The minimum absolute atomic E-state index is 0.654. The third kappa shape index (κ3) is 3.69. The summed E-state index contributed by atoms with van der Waals surface area (Å²) in [6.07, 6.45) is 5.48. The summed E-state index contributed by atoms with van der Waals surface area (Å²) in [6.45, 7) is 10.7. The predicted octanol–water partition coefficient (Wildman–Crippen LogP) is 2.26. The van der Waals surface area contributed by atoms with E-state index in [-0.39, 0.29) is 0 Å². The Hall–Kier alpha value is -0.120. The fourth-order valence-corrected chi connectivity index (χ4v) is 3.58. The number of fused-ring (bicyclic) bond motifs is 2. The van der Waals surface area contributed by atoms with Crippen LogP contribution in [0.15, 0.2) is 0 Å². The van der Waals surface area contributed by atoms with Crippen LogP contribution in [0.2, 0.25) is 0 Å². The minimum atomic E-state index is 0.654. The van der Waals surface area contributed by atoms with Crippen LogP contribution < -0.4 is 5.32 Å². The molecule has 0 aromatic carbocycles. The van der Waals surface area contributed by atoms with Crippen LogP contribution >= 0.6 is 0 Å². The molecule has 0 saturated carbocycles. The second-order valence-corrected chi connectivity index (χ2v) is 6.32. The molecular formula is C15H30N2O. The molecule has 0 aromatic heterocycles. The molecular weight excluding hydrogens is 224 g/mol. The Morgan fingerprint density at radius 2 is 1.89 bits per heavy atom. The maximum absolute atomic E-state index is 5.74. The summed E-state index contributed by atoms with van der Waals surface area (Å²) in [5.74, 6) is 0.654. The maximum Gasteiger partial charge on any atom is 0.0593 e. The summed E-state index contributed by atoms with van der Waals surface area (Å²) in [6, 6.07) is 2.39. The van der Waals surface area contributed by atoms with Gasteiger partial charge in [0.05, 0.1) is 6.61 Å². The fourth-order valence-electron chi connectivity index (χ4n) is 3.58. The Morgan fingerprint density at radius 3 is 2.44 bits per heavy atom. The van der Waals surface area contributed by atoms with Gasteiger partial charge in [0.15, 0.2) is 0 Å². The highest BCUT2D eigenvalue weighted by atomic mass is 16.5. The highest BCUT2D eigenvalue weighted by molar-refractivity contribution is 4.97. The molecule has 2 rings (SSSR count). The first-order valence-corrected chi connectivity index (χ1v) is 7.77. The fraction of sp³-hybridized carbons (Fsp3) is 1.00. The monoisotopic (exact) mass is 254 g/mol. The molecule has 2 unspecified atom stereocenters. The van der Waals surface area contributed by atoms with Gasteiger partial charge in [-0.1, -0.05) is 20.8 Å². The van der Waals surface area contributed by atoms with Crippen LogP contribution in [0.25, 0.3) is 0 Å². The molecule has 2 aliphatic heterocycles. The maximum atomic E-state index is 5.74. The molecule has 2 bridgehead atoms. The molecule has 106 valence electrons. The van der Waals surface area contributed by atoms with Crippen LogP contribution in [-0.4, -0.2) is 49.3 Å². The number of piperidine rings is 1. The number of nitrogens with zero attached hydrogens (tertiary/aromatic N) is 1. The summed E-state index contributed by atoms with van der Waals surface area (Å²) in [7, 11) is 0. The standard InChI is InChI=1S/C15H30N2O/c1-4-16-13-9-14-5-6-15(10-13)17(14)7-8-18-11-12(2)3/h12-16H,4-11H2,1-3H3. The van der Waals surface area contributed by atoms with Crippen molar-refractivity contribution in [2.24, 2.45) is 5.92 Å². The number of rotatable bonds is 7. The molecule has 0 radical (unpaired) electrons. The first kappa shape index (κ1) is 14.3. The molecule has 2 atom stereocenters. The van der Waals surface area contributed by atoms with Crippen molar-refractivity contribution in [2.45, 2.75) is 64.6 Å². The average molecular weight is 254 g/mol. The van der Waals surface area contributed by atoms with Gasteiger partial charge < -0.3 is 10.1 Å². The van der Waals surface area contributed by atoms with Crippen molar-refractivity contribution in [1.82, 2.24) is 10.2 Å². The van der Waals surface area contributed by atoms with E-state index in [1.54, 1.807) is 0 Å². The molecule has 0 spiro atoms. The van der Waals surface area contributed by atoms with Crippen molar-refractivity contribution in [3.63, 3.8) is 0 Å². The van der Waals surface area contributed by atoms with Gasteiger partial charge in [0.25, 0.3) is 0 Å². The Bertz CT molecular complexity index is 231. The molecule has 3 nitrogen and oxygen atoms in total. The van der Waals surface area contributed by atoms with Crippen LogP contribution in [-0.2, 0) is 4.74 Å². The van der Waals surface area contributed by atoms with Gasteiger partial charge in [0.1, 0.15) is 0 Å². The van der Waals surface area contributed by atoms with E-state index in [9.17, 15) is 0 Å². The van der Waals surface area contributed by atoms with E-state index in [1.807, 2.05) is 0 Å². The largest absolute Gasteiger partial charge is 0.380 e. The van der Waals surface area contributed by atoms with E-state index in [1.165, 1.54) is 25.7 Å². The summed E-state index contributed by atoms with van der Waals surface area (Å²) >= 11 is 0. The third-order valence-corrected chi connectivity index (χ3v) is 4.32. The SMILES string of the molecule is CCNC1CC2CCC(C1)N2CCOCC(C)C. The van der Waals surface area contributed by atoms with Gasteiger partial charge in [-0.05, 0) is 38.1 Å². The van der Waals surface area contributed by atoms with E-state index >= 15 is 0 Å². The number of ether oxygens (including phenoxy) is 1. The zero-order chi connectivity index (χ0) is 13.0. The highest BCUT2D eigenvalue weighted by Crippen LogP contribution is 2.35. The van der Waals surface area contributed by atoms with Crippen molar-refractivity contribution in [2.75, 3.05) is 26.3 Å². The second-order valence-electron chi connectivity index (χ2n) is 6.32. The van der Waals surface area contributed by atoms with Crippen molar-refractivity contribution < 1.29 is 4.74 Å². The summed E-state index contributed by atoms with van der Waals surface area (Å²) in [5, 5.41) is 3.63. The topological polar surface area (TPSA) is 24.5 Å². The van der Waals surface area contributed by atoms with Crippen LogP contribution in [0, 0.1) is 5.92 Å². The van der Waals surface area contributed by atoms with Gasteiger partial charge in [-0.25, -0.2) is 0 Å². The quantitative estimate of drug-likeness (QED) is 0.705. The zero-order valence-electron chi connectivity index (χ0n) is 12.3. The van der Waals surface area contributed by atoms with Crippen molar-refractivity contribution in [1.29, 1.82) is 0 Å². The van der Waals surface area contributed by atoms with Gasteiger partial charge in [-0.15, -0.1) is 0 Å². The molecule has 2 saturated heterocycles. The van der Waals surface area contributed by atoms with Gasteiger partial charge >= 0.3 is 0 Å². The molecule has 0 amide bonds. The zero-order valence-corrected chi connectivity index (χ0v) is 12.3. The van der Waals surface area contributed by atoms with Crippen LogP contribution in [0.4, 0.5) is 0 Å². The van der Waals surface area contributed by atoms with E-state index in [4.69, 9.17) is 4.74 Å². The van der Waals surface area contributed by atoms with Gasteiger partial charge in [0, 0.05) is 31.3 Å². The first-order valence-electron chi connectivity index (χ1n) is 7.77. The van der Waals surface area contributed by atoms with Crippen molar-refractivity contribution >= 4 is 0 Å². The molecule has 3 heteroatoms. The smallest absolute Gasteiger partial charge is 0.0593 e. The van der Waals surface area contributed by atoms with Crippen LogP contribution in [0.3, 0.4) is 0 Å². The third-order valence-electron chi connectivity index (χ3n) is 4.32. The number of nitrogens with one attached hydrogen (secondary N) is 1. The lowest BCUT2D eigenvalue weighted by Crippen LogP contribution is -2.50. The summed E-state index contributed by atoms with van der Waals surface area (Å²) in [5.41, 5.74) is 0. The van der Waals surface area contributed by atoms with Crippen molar-refractivity contribution in [3.05, 3.63) is 0 Å². The lowest BCUT2D eigenvalue weighted by Gasteiger charge is -2.39. The van der Waals surface area contributed by atoms with Crippen molar-refractivity contribution in [3.8, 4) is 0 Å². The summed E-state index contributed by atoms with van der Waals surface area (Å²) in [4.78, 5) is 2.72. The molecule has 2 fully saturated rings. The molecule has 2 aliphatic rings. The Balaban J connectivity index is 1.71.